The number of hydrogen-bond donors (Lipinski definition) is 0. The highest BCUT2D eigenvalue weighted by Crippen LogP contribution is 2.18. The molecule has 0 aliphatic rings. The maximum absolute atomic E-state index is 10.5. The molecular weight excluding hydrogens is 200 g/mol. The van der Waals surface area contributed by atoms with Crippen LogP contribution in [0.5, 0.6) is 5.88 Å². The second kappa shape index (κ2) is 5.26. The monoisotopic (exact) mass is 212 g/mol. The van der Waals surface area contributed by atoms with Gasteiger partial charge in [-0.05, 0) is 6.92 Å². The van der Waals surface area contributed by atoms with Crippen LogP contribution in [-0.2, 0) is 4.74 Å². The van der Waals surface area contributed by atoms with Gasteiger partial charge >= 0.3 is 0 Å². The summed E-state index contributed by atoms with van der Waals surface area (Å²) in [6.07, 6.45) is 0. The lowest BCUT2D eigenvalue weighted by Crippen LogP contribution is -2.06. The molecule has 0 saturated carbocycles. The van der Waals surface area contributed by atoms with Crippen LogP contribution in [0, 0.1) is 17.0 Å². The zero-order chi connectivity index (χ0) is 11.3. The van der Waals surface area contributed by atoms with E-state index in [1.54, 1.807) is 14.0 Å². The van der Waals surface area contributed by atoms with Crippen molar-refractivity contribution in [3.63, 3.8) is 0 Å². The van der Waals surface area contributed by atoms with E-state index in [4.69, 9.17) is 9.47 Å². The fraction of sp³-hybridized carbons (Fsp3) is 0.444. The lowest BCUT2D eigenvalue weighted by Gasteiger charge is -2.04. The topological polar surface area (TPSA) is 74.5 Å². The highest BCUT2D eigenvalue weighted by molar-refractivity contribution is 5.36. The molecule has 82 valence electrons. The highest BCUT2D eigenvalue weighted by Gasteiger charge is 2.11. The average molecular weight is 212 g/mol. The van der Waals surface area contributed by atoms with Gasteiger partial charge in [-0.1, -0.05) is 0 Å². The molecule has 0 unspecified atom stereocenters. The zero-order valence-corrected chi connectivity index (χ0v) is 8.60. The van der Waals surface area contributed by atoms with Gasteiger partial charge < -0.3 is 9.47 Å². The standard InChI is InChI=1S/C9H12N2O4/c1-7-8(11(12)13)3-4-9(10-7)15-6-5-14-2/h3-4H,5-6H2,1-2H3. The minimum atomic E-state index is -0.471. The van der Waals surface area contributed by atoms with Gasteiger partial charge in [0.05, 0.1) is 11.5 Å². The van der Waals surface area contributed by atoms with E-state index in [0.717, 1.165) is 0 Å². The molecule has 0 spiro atoms. The average Bonchev–Trinajstić information content (AvgIpc) is 2.17. The molecule has 0 aromatic carbocycles. The van der Waals surface area contributed by atoms with Gasteiger partial charge in [-0.25, -0.2) is 4.98 Å². The summed E-state index contributed by atoms with van der Waals surface area (Å²) in [4.78, 5) is 14.0. The number of aryl methyl sites for hydroxylation is 1. The summed E-state index contributed by atoms with van der Waals surface area (Å²) < 4.78 is 10.00. The van der Waals surface area contributed by atoms with E-state index < -0.39 is 4.92 Å². The van der Waals surface area contributed by atoms with Crippen LogP contribution in [-0.4, -0.2) is 30.2 Å². The summed E-state index contributed by atoms with van der Waals surface area (Å²) in [6.45, 7) is 2.40. The highest BCUT2D eigenvalue weighted by atomic mass is 16.6. The molecule has 1 heterocycles. The van der Waals surface area contributed by atoms with Crippen molar-refractivity contribution in [1.82, 2.24) is 4.98 Å². The van der Waals surface area contributed by atoms with Crippen molar-refractivity contribution in [3.8, 4) is 5.88 Å². The van der Waals surface area contributed by atoms with Crippen molar-refractivity contribution in [2.75, 3.05) is 20.3 Å². The normalized spacial score (nSPS) is 10.0. The number of methoxy groups -OCH3 is 1. The van der Waals surface area contributed by atoms with Crippen LogP contribution in [0.1, 0.15) is 5.69 Å². The van der Waals surface area contributed by atoms with E-state index in [9.17, 15) is 10.1 Å². The Labute approximate surface area is 87.0 Å². The molecule has 1 aromatic heterocycles. The molecule has 0 radical (unpaired) electrons. The Morgan fingerprint density at radius 2 is 2.20 bits per heavy atom. The van der Waals surface area contributed by atoms with Gasteiger partial charge in [-0.3, -0.25) is 10.1 Å². The summed E-state index contributed by atoms with van der Waals surface area (Å²) >= 11 is 0. The number of aromatic nitrogens is 1. The van der Waals surface area contributed by atoms with Crippen LogP contribution in [0.4, 0.5) is 5.69 Å². The summed E-state index contributed by atoms with van der Waals surface area (Å²) in [6, 6.07) is 2.85. The van der Waals surface area contributed by atoms with E-state index in [0.29, 0.717) is 24.8 Å². The fourth-order valence-corrected chi connectivity index (χ4v) is 1.03. The summed E-state index contributed by atoms with van der Waals surface area (Å²) in [5.41, 5.74) is 0.337. The number of pyridine rings is 1. The largest absolute Gasteiger partial charge is 0.475 e. The molecule has 6 heteroatoms. The minimum absolute atomic E-state index is 0.00547. The van der Waals surface area contributed by atoms with E-state index in [1.807, 2.05) is 0 Å². The first kappa shape index (κ1) is 11.4. The third kappa shape index (κ3) is 3.17. The summed E-state index contributed by atoms with van der Waals surface area (Å²) in [5.74, 6) is 0.371. The van der Waals surface area contributed by atoms with Crippen molar-refractivity contribution in [2.24, 2.45) is 0 Å². The Hall–Kier alpha value is -1.69. The van der Waals surface area contributed by atoms with Gasteiger partial charge in [0.25, 0.3) is 5.69 Å². The van der Waals surface area contributed by atoms with Crippen molar-refractivity contribution in [3.05, 3.63) is 27.9 Å². The Morgan fingerprint density at radius 3 is 2.73 bits per heavy atom. The summed E-state index contributed by atoms with van der Waals surface area (Å²) in [5, 5.41) is 10.5. The molecule has 0 aliphatic carbocycles. The Bertz CT molecular complexity index is 354. The predicted octanol–water partition coefficient (Wildman–Crippen LogP) is 1.32. The molecule has 1 aromatic rings. The van der Waals surface area contributed by atoms with Crippen LogP contribution < -0.4 is 4.74 Å². The van der Waals surface area contributed by atoms with Crippen molar-refractivity contribution >= 4 is 5.69 Å². The quantitative estimate of drug-likeness (QED) is 0.418. The van der Waals surface area contributed by atoms with Crippen molar-refractivity contribution in [2.45, 2.75) is 6.92 Å². The van der Waals surface area contributed by atoms with Gasteiger partial charge in [-0.15, -0.1) is 0 Å². The zero-order valence-electron chi connectivity index (χ0n) is 8.60. The van der Waals surface area contributed by atoms with E-state index in [2.05, 4.69) is 4.98 Å². The number of rotatable bonds is 5. The minimum Gasteiger partial charge on any atom is -0.475 e. The number of nitro groups is 1. The third-order valence-electron chi connectivity index (χ3n) is 1.77. The first-order valence-corrected chi connectivity index (χ1v) is 4.39. The van der Waals surface area contributed by atoms with E-state index in [1.165, 1.54) is 12.1 Å². The molecule has 0 atom stereocenters. The lowest BCUT2D eigenvalue weighted by atomic mass is 10.3. The molecule has 0 amide bonds. The molecule has 1 rings (SSSR count). The molecule has 0 bridgehead atoms. The van der Waals surface area contributed by atoms with Crippen LogP contribution in [0.3, 0.4) is 0 Å². The number of nitrogens with zero attached hydrogens (tertiary/aromatic N) is 2. The molecule has 6 nitrogen and oxygen atoms in total. The Balaban J connectivity index is 2.69. The SMILES string of the molecule is COCCOc1ccc([N+](=O)[O-])c(C)n1. The third-order valence-corrected chi connectivity index (χ3v) is 1.77. The smallest absolute Gasteiger partial charge is 0.290 e. The maximum Gasteiger partial charge on any atom is 0.290 e. The Morgan fingerprint density at radius 1 is 1.47 bits per heavy atom. The molecule has 0 saturated heterocycles. The van der Waals surface area contributed by atoms with Crippen molar-refractivity contribution in [1.29, 1.82) is 0 Å². The van der Waals surface area contributed by atoms with Crippen LogP contribution in [0.15, 0.2) is 12.1 Å². The van der Waals surface area contributed by atoms with Gasteiger partial charge in [0.2, 0.25) is 5.88 Å². The number of hydrogen-bond acceptors (Lipinski definition) is 5. The number of ether oxygens (including phenoxy) is 2. The van der Waals surface area contributed by atoms with Gasteiger partial charge in [0.1, 0.15) is 12.3 Å². The van der Waals surface area contributed by atoms with Crippen LogP contribution in [0.2, 0.25) is 0 Å². The molecule has 0 N–H and O–H groups in total. The molecule has 0 fully saturated rings. The van der Waals surface area contributed by atoms with Crippen molar-refractivity contribution < 1.29 is 14.4 Å². The second-order valence-corrected chi connectivity index (χ2v) is 2.85. The molecular formula is C9H12N2O4. The lowest BCUT2D eigenvalue weighted by molar-refractivity contribution is -0.385. The van der Waals surface area contributed by atoms with Gasteiger partial charge in [0.15, 0.2) is 0 Å². The molecule has 0 aliphatic heterocycles. The van der Waals surface area contributed by atoms with E-state index >= 15 is 0 Å². The Kier molecular flexibility index (Phi) is 3.99. The van der Waals surface area contributed by atoms with Gasteiger partial charge in [-0.2, -0.15) is 0 Å². The first-order valence-electron chi connectivity index (χ1n) is 4.39. The fourth-order valence-electron chi connectivity index (χ4n) is 1.03. The maximum atomic E-state index is 10.5. The van der Waals surface area contributed by atoms with Gasteiger partial charge in [0, 0.05) is 19.2 Å². The summed E-state index contributed by atoms with van der Waals surface area (Å²) in [7, 11) is 1.57. The second-order valence-electron chi connectivity index (χ2n) is 2.85. The van der Waals surface area contributed by atoms with Crippen LogP contribution in [0.25, 0.3) is 0 Å². The first-order chi connectivity index (χ1) is 7.15. The van der Waals surface area contributed by atoms with Crippen LogP contribution >= 0.6 is 0 Å². The molecule has 15 heavy (non-hydrogen) atoms. The predicted molar refractivity (Wildman–Crippen MR) is 53.0 cm³/mol. The van der Waals surface area contributed by atoms with E-state index in [-0.39, 0.29) is 5.69 Å².